The van der Waals surface area contributed by atoms with Gasteiger partial charge in [-0.3, -0.25) is 9.59 Å². The molecule has 5 aromatic rings. The Labute approximate surface area is 300 Å². The zero-order chi connectivity index (χ0) is 35.7. The van der Waals surface area contributed by atoms with Crippen LogP contribution in [0, 0.1) is 0 Å². The fourth-order valence-corrected chi connectivity index (χ4v) is 6.06. The van der Waals surface area contributed by atoms with E-state index in [-0.39, 0.29) is 31.0 Å². The summed E-state index contributed by atoms with van der Waals surface area (Å²) in [6, 6.07) is 23.2. The number of aromatic nitrogens is 3. The first kappa shape index (κ1) is 35.1. The van der Waals surface area contributed by atoms with E-state index in [2.05, 4.69) is 25.9 Å². The van der Waals surface area contributed by atoms with Gasteiger partial charge in [-0.25, -0.2) is 14.8 Å². The lowest BCUT2D eigenvalue weighted by molar-refractivity contribution is -0.111. The van der Waals surface area contributed by atoms with E-state index in [1.165, 1.54) is 6.08 Å². The van der Waals surface area contributed by atoms with Gasteiger partial charge in [0.25, 0.3) is 5.91 Å². The van der Waals surface area contributed by atoms with Crippen LogP contribution in [0.5, 0.6) is 0 Å². The SMILES string of the molecule is CN(C)C/C=C/C(=O)Nc1ccc(C(=O)N[C@@H]2C[C@@H](Nc3ncc(Cl)c(-c4c[nH]c5ccccc45)n3)CN(C(=O)OCc3ccccc3)C2)cc1. The van der Waals surface area contributed by atoms with E-state index in [1.54, 1.807) is 41.4 Å². The van der Waals surface area contributed by atoms with E-state index >= 15 is 0 Å². The highest BCUT2D eigenvalue weighted by molar-refractivity contribution is 6.33. The normalized spacial score (nSPS) is 16.0. The van der Waals surface area contributed by atoms with E-state index in [9.17, 15) is 14.4 Å². The highest BCUT2D eigenvalue weighted by Crippen LogP contribution is 2.32. The summed E-state index contributed by atoms with van der Waals surface area (Å²) < 4.78 is 5.66. The van der Waals surface area contributed by atoms with Gasteiger partial charge >= 0.3 is 6.09 Å². The molecule has 1 fully saturated rings. The van der Waals surface area contributed by atoms with Crippen LogP contribution in [-0.4, -0.2) is 88.5 Å². The van der Waals surface area contributed by atoms with Crippen molar-refractivity contribution in [1.29, 1.82) is 0 Å². The van der Waals surface area contributed by atoms with Crippen LogP contribution in [0.4, 0.5) is 16.4 Å². The van der Waals surface area contributed by atoms with Crippen molar-refractivity contribution in [2.45, 2.75) is 25.1 Å². The predicted molar refractivity (Wildman–Crippen MR) is 199 cm³/mol. The van der Waals surface area contributed by atoms with Gasteiger partial charge in [-0.15, -0.1) is 0 Å². The summed E-state index contributed by atoms with van der Waals surface area (Å²) in [5, 5.41) is 10.6. The second-order valence-electron chi connectivity index (χ2n) is 12.6. The van der Waals surface area contributed by atoms with Gasteiger partial charge in [-0.1, -0.05) is 66.2 Å². The molecule has 6 rings (SSSR count). The molecule has 2 aromatic heterocycles. The van der Waals surface area contributed by atoms with Gasteiger partial charge in [0.1, 0.15) is 6.61 Å². The molecule has 2 atom stereocenters. The maximum Gasteiger partial charge on any atom is 0.410 e. The molecule has 12 nitrogen and oxygen atoms in total. The molecule has 3 heterocycles. The van der Waals surface area contributed by atoms with E-state index in [1.807, 2.05) is 79.8 Å². The minimum Gasteiger partial charge on any atom is -0.445 e. The highest BCUT2D eigenvalue weighted by atomic mass is 35.5. The van der Waals surface area contributed by atoms with Crippen LogP contribution in [0.25, 0.3) is 22.2 Å². The number of ether oxygens (including phenoxy) is 1. The van der Waals surface area contributed by atoms with Crippen molar-refractivity contribution in [2.24, 2.45) is 0 Å². The number of hydrogen-bond acceptors (Lipinski definition) is 8. The molecule has 262 valence electrons. The molecule has 0 bridgehead atoms. The Balaban J connectivity index is 1.16. The predicted octanol–water partition coefficient (Wildman–Crippen LogP) is 5.96. The van der Waals surface area contributed by atoms with Gasteiger partial charge < -0.3 is 35.5 Å². The fourth-order valence-electron chi connectivity index (χ4n) is 5.87. The zero-order valence-corrected chi connectivity index (χ0v) is 29.1. The molecule has 0 saturated carbocycles. The third-order valence-corrected chi connectivity index (χ3v) is 8.60. The quantitative estimate of drug-likeness (QED) is 0.123. The maximum atomic E-state index is 13.4. The summed E-state index contributed by atoms with van der Waals surface area (Å²) in [6.07, 6.45) is 6.64. The number of nitrogens with zero attached hydrogens (tertiary/aromatic N) is 4. The van der Waals surface area contributed by atoms with Gasteiger partial charge in [-0.2, -0.15) is 0 Å². The number of benzene rings is 3. The number of anilines is 2. The van der Waals surface area contributed by atoms with Gasteiger partial charge in [0.05, 0.1) is 16.9 Å². The second-order valence-corrected chi connectivity index (χ2v) is 13.0. The molecule has 3 aromatic carbocycles. The van der Waals surface area contributed by atoms with Crippen LogP contribution < -0.4 is 16.0 Å². The summed E-state index contributed by atoms with van der Waals surface area (Å²) in [4.78, 5) is 55.0. The Hall–Kier alpha value is -5.72. The Morgan fingerprint density at radius 1 is 1.00 bits per heavy atom. The number of piperidine rings is 1. The van der Waals surface area contributed by atoms with Crippen molar-refractivity contribution in [2.75, 3.05) is 44.4 Å². The first-order valence-electron chi connectivity index (χ1n) is 16.6. The number of aromatic amines is 1. The average Bonchev–Trinajstić information content (AvgIpc) is 3.56. The van der Waals surface area contributed by atoms with Crippen molar-refractivity contribution in [3.63, 3.8) is 0 Å². The third kappa shape index (κ3) is 9.30. The van der Waals surface area contributed by atoms with Crippen LogP contribution in [0.2, 0.25) is 5.02 Å². The van der Waals surface area contributed by atoms with E-state index in [0.29, 0.717) is 47.4 Å². The fraction of sp³-hybridized carbons (Fsp3) is 0.237. The number of H-pyrrole nitrogens is 1. The van der Waals surface area contributed by atoms with Crippen molar-refractivity contribution in [1.82, 2.24) is 30.1 Å². The number of nitrogens with one attached hydrogen (secondary N) is 4. The van der Waals surface area contributed by atoms with Crippen LogP contribution in [-0.2, 0) is 16.1 Å². The second kappa shape index (κ2) is 16.3. The Morgan fingerprint density at radius 3 is 2.53 bits per heavy atom. The molecule has 51 heavy (non-hydrogen) atoms. The smallest absolute Gasteiger partial charge is 0.410 e. The summed E-state index contributed by atoms with van der Waals surface area (Å²) >= 11 is 6.58. The number of rotatable bonds is 11. The Kier molecular flexibility index (Phi) is 11.2. The number of fused-ring (bicyclic) bond motifs is 1. The van der Waals surface area contributed by atoms with Crippen LogP contribution >= 0.6 is 11.6 Å². The molecule has 0 radical (unpaired) electrons. The average molecular weight is 707 g/mol. The Morgan fingerprint density at radius 2 is 1.75 bits per heavy atom. The molecule has 1 aliphatic rings. The molecule has 3 amide bonds. The lowest BCUT2D eigenvalue weighted by Crippen LogP contribution is -2.56. The monoisotopic (exact) mass is 706 g/mol. The van der Waals surface area contributed by atoms with Crippen LogP contribution in [0.1, 0.15) is 22.3 Å². The van der Waals surface area contributed by atoms with Crippen molar-refractivity contribution >= 4 is 52.0 Å². The summed E-state index contributed by atoms with van der Waals surface area (Å²) in [5.41, 5.74) is 4.21. The van der Waals surface area contributed by atoms with Crippen molar-refractivity contribution in [3.05, 3.63) is 120 Å². The standard InChI is InChI=1S/C38H39ClN8O4/c1-46(2)18-8-13-34(48)42-27-16-14-26(15-17-27)36(49)43-28-19-29(23-47(22-28)38(50)51-24-25-9-4-3-5-10-25)44-37-41-21-32(39)35(45-37)31-20-40-33-12-7-6-11-30(31)33/h3-17,20-21,28-29,40H,18-19,22-24H2,1-2H3,(H,42,48)(H,43,49)(H,41,44,45)/b13-8+/t28-,29-/m1/s1. The molecule has 4 N–H and O–H groups in total. The number of carbonyl (C=O) groups is 3. The first-order chi connectivity index (χ1) is 24.7. The number of hydrogen-bond donors (Lipinski definition) is 4. The zero-order valence-electron chi connectivity index (χ0n) is 28.3. The molecular formula is C38H39ClN8O4. The third-order valence-electron chi connectivity index (χ3n) is 8.33. The Bertz CT molecular complexity index is 2020. The van der Waals surface area contributed by atoms with Crippen molar-refractivity contribution in [3.8, 4) is 11.3 Å². The largest absolute Gasteiger partial charge is 0.445 e. The molecule has 0 unspecified atom stereocenters. The topological polar surface area (TPSA) is 145 Å². The minimum atomic E-state index is -0.499. The summed E-state index contributed by atoms with van der Waals surface area (Å²) in [6.45, 7) is 1.30. The number of likely N-dealkylation sites (tertiary alicyclic amines) is 1. The first-order valence-corrected chi connectivity index (χ1v) is 16.9. The summed E-state index contributed by atoms with van der Waals surface area (Å²) in [7, 11) is 3.84. The van der Waals surface area contributed by atoms with Crippen LogP contribution in [0.15, 0.2) is 103 Å². The molecule has 1 aliphatic heterocycles. The molecule has 1 saturated heterocycles. The van der Waals surface area contributed by atoms with Gasteiger partial charge in [0, 0.05) is 71.7 Å². The van der Waals surface area contributed by atoms with Crippen LogP contribution in [0.3, 0.4) is 0 Å². The number of likely N-dealkylation sites (N-methyl/N-ethyl adjacent to an activating group) is 1. The van der Waals surface area contributed by atoms with Gasteiger partial charge in [0.2, 0.25) is 11.9 Å². The number of para-hydroxylation sites is 1. The van der Waals surface area contributed by atoms with Crippen molar-refractivity contribution < 1.29 is 19.1 Å². The van der Waals surface area contributed by atoms with E-state index < -0.39 is 12.1 Å². The highest BCUT2D eigenvalue weighted by Gasteiger charge is 2.32. The van der Waals surface area contributed by atoms with Gasteiger partial charge in [0.15, 0.2) is 0 Å². The lowest BCUT2D eigenvalue weighted by atomic mass is 10.0. The summed E-state index contributed by atoms with van der Waals surface area (Å²) in [5.74, 6) is -0.234. The molecular weight excluding hydrogens is 668 g/mol. The minimum absolute atomic E-state index is 0.119. The number of amides is 3. The lowest BCUT2D eigenvalue weighted by Gasteiger charge is -2.37. The number of halogens is 1. The van der Waals surface area contributed by atoms with E-state index in [0.717, 1.165) is 22.0 Å². The van der Waals surface area contributed by atoms with E-state index in [4.69, 9.17) is 21.3 Å². The molecule has 0 aliphatic carbocycles. The maximum absolute atomic E-state index is 13.4. The molecule has 0 spiro atoms. The number of carbonyl (C=O) groups excluding carboxylic acids is 3. The van der Waals surface area contributed by atoms with Gasteiger partial charge in [-0.05, 0) is 56.4 Å². The molecule has 13 heteroatoms.